The summed E-state index contributed by atoms with van der Waals surface area (Å²) in [4.78, 5) is 12.0. The Labute approximate surface area is 117 Å². The summed E-state index contributed by atoms with van der Waals surface area (Å²) in [6, 6.07) is 11.6. The first kappa shape index (κ1) is 14.1. The summed E-state index contributed by atoms with van der Waals surface area (Å²) in [6.45, 7) is 4.21. The number of rotatable bonds is 3. The fraction of sp³-hybridized carbons (Fsp3) is 0.188. The summed E-state index contributed by atoms with van der Waals surface area (Å²) < 4.78 is 13.1. The molecular weight excluding hydrogens is 255 g/mol. The highest BCUT2D eigenvalue weighted by atomic mass is 19.1. The average Bonchev–Trinajstić information content (AvgIpc) is 2.42. The first-order valence-electron chi connectivity index (χ1n) is 6.43. The monoisotopic (exact) mass is 272 g/mol. The molecule has 2 aromatic rings. The number of carbonyl (C=O) groups excluding carboxylic acids is 1. The standard InChI is InChI=1S/C16H17FN2O/c1-10(2)11-3-6-13(7-4-11)19-16(20)12-5-8-14(17)15(18)9-12/h3-10H,18H2,1-2H3,(H,19,20). The Morgan fingerprint density at radius 1 is 1.15 bits per heavy atom. The molecule has 0 radical (unpaired) electrons. The number of anilines is 2. The van der Waals surface area contributed by atoms with Crippen molar-refractivity contribution < 1.29 is 9.18 Å². The van der Waals surface area contributed by atoms with Crippen molar-refractivity contribution in [1.82, 2.24) is 0 Å². The summed E-state index contributed by atoms with van der Waals surface area (Å²) in [5.74, 6) is -0.395. The number of nitrogen functional groups attached to an aromatic ring is 1. The number of halogens is 1. The summed E-state index contributed by atoms with van der Waals surface area (Å²) in [5.41, 5.74) is 7.65. The van der Waals surface area contributed by atoms with Gasteiger partial charge in [-0.3, -0.25) is 4.79 Å². The molecular formula is C16H17FN2O. The van der Waals surface area contributed by atoms with Crippen molar-refractivity contribution in [3.05, 3.63) is 59.4 Å². The second-order valence-electron chi connectivity index (χ2n) is 4.97. The molecule has 4 heteroatoms. The SMILES string of the molecule is CC(C)c1ccc(NC(=O)c2ccc(F)c(N)c2)cc1. The second kappa shape index (κ2) is 5.74. The summed E-state index contributed by atoms with van der Waals surface area (Å²) in [5, 5.41) is 2.75. The fourth-order valence-electron chi connectivity index (χ4n) is 1.84. The summed E-state index contributed by atoms with van der Waals surface area (Å²) in [6.07, 6.45) is 0. The number of nitrogens with two attached hydrogens (primary N) is 1. The normalized spacial score (nSPS) is 10.6. The molecule has 0 atom stereocenters. The molecule has 0 fully saturated rings. The third kappa shape index (κ3) is 3.15. The van der Waals surface area contributed by atoms with Crippen molar-refractivity contribution in [3.8, 4) is 0 Å². The lowest BCUT2D eigenvalue weighted by atomic mass is 10.0. The number of benzene rings is 2. The molecule has 0 saturated carbocycles. The van der Waals surface area contributed by atoms with Gasteiger partial charge in [0.25, 0.3) is 5.91 Å². The Kier molecular flexibility index (Phi) is 4.03. The maximum Gasteiger partial charge on any atom is 0.255 e. The van der Waals surface area contributed by atoms with E-state index >= 15 is 0 Å². The Bertz CT molecular complexity index is 621. The van der Waals surface area contributed by atoms with Gasteiger partial charge in [0.05, 0.1) is 5.69 Å². The highest BCUT2D eigenvalue weighted by molar-refractivity contribution is 6.04. The molecule has 0 bridgehead atoms. The Morgan fingerprint density at radius 2 is 1.80 bits per heavy atom. The molecule has 3 nitrogen and oxygen atoms in total. The minimum absolute atomic E-state index is 0.0344. The number of amides is 1. The largest absolute Gasteiger partial charge is 0.396 e. The molecule has 1 amide bonds. The molecule has 0 aliphatic carbocycles. The van der Waals surface area contributed by atoms with Crippen LogP contribution < -0.4 is 11.1 Å². The fourth-order valence-corrected chi connectivity index (χ4v) is 1.84. The molecule has 0 aliphatic rings. The zero-order valence-electron chi connectivity index (χ0n) is 11.5. The van der Waals surface area contributed by atoms with E-state index in [4.69, 9.17) is 5.73 Å². The van der Waals surface area contributed by atoms with Crippen LogP contribution in [0.4, 0.5) is 15.8 Å². The van der Waals surface area contributed by atoms with Gasteiger partial charge < -0.3 is 11.1 Å². The van der Waals surface area contributed by atoms with Gasteiger partial charge in [-0.15, -0.1) is 0 Å². The van der Waals surface area contributed by atoms with Gasteiger partial charge >= 0.3 is 0 Å². The molecule has 0 saturated heterocycles. The highest BCUT2D eigenvalue weighted by Gasteiger charge is 2.08. The maximum absolute atomic E-state index is 13.1. The molecule has 0 spiro atoms. The van der Waals surface area contributed by atoms with Crippen LogP contribution in [0.3, 0.4) is 0 Å². The van der Waals surface area contributed by atoms with Crippen LogP contribution in [0.5, 0.6) is 0 Å². The van der Waals surface area contributed by atoms with Crippen LogP contribution in [0.1, 0.15) is 35.7 Å². The first-order chi connectivity index (χ1) is 9.47. The molecule has 0 aromatic heterocycles. The van der Waals surface area contributed by atoms with Crippen LogP contribution in [0, 0.1) is 5.82 Å². The predicted molar refractivity (Wildman–Crippen MR) is 79.3 cm³/mol. The molecule has 20 heavy (non-hydrogen) atoms. The van der Waals surface area contributed by atoms with Crippen LogP contribution in [0.15, 0.2) is 42.5 Å². The smallest absolute Gasteiger partial charge is 0.255 e. The predicted octanol–water partition coefficient (Wildman–Crippen LogP) is 3.78. The third-order valence-electron chi connectivity index (χ3n) is 3.09. The molecule has 2 rings (SSSR count). The molecule has 3 N–H and O–H groups in total. The molecule has 0 aliphatic heterocycles. The minimum atomic E-state index is -0.525. The van der Waals surface area contributed by atoms with E-state index in [0.717, 1.165) is 0 Å². The van der Waals surface area contributed by atoms with Crippen LogP contribution in [-0.4, -0.2) is 5.91 Å². The van der Waals surface area contributed by atoms with Crippen molar-refractivity contribution in [2.75, 3.05) is 11.1 Å². The second-order valence-corrected chi connectivity index (χ2v) is 4.97. The van der Waals surface area contributed by atoms with E-state index in [1.165, 1.54) is 23.8 Å². The van der Waals surface area contributed by atoms with E-state index in [1.807, 2.05) is 24.3 Å². The Hall–Kier alpha value is -2.36. The van der Waals surface area contributed by atoms with Crippen molar-refractivity contribution in [1.29, 1.82) is 0 Å². The zero-order chi connectivity index (χ0) is 14.7. The summed E-state index contributed by atoms with van der Waals surface area (Å²) >= 11 is 0. The van der Waals surface area contributed by atoms with E-state index in [9.17, 15) is 9.18 Å². The van der Waals surface area contributed by atoms with Crippen LogP contribution in [-0.2, 0) is 0 Å². The topological polar surface area (TPSA) is 55.1 Å². The highest BCUT2D eigenvalue weighted by Crippen LogP contribution is 2.18. The van der Waals surface area contributed by atoms with Gasteiger partial charge in [-0.1, -0.05) is 26.0 Å². The van der Waals surface area contributed by atoms with Crippen molar-refractivity contribution in [3.63, 3.8) is 0 Å². The number of carbonyl (C=O) groups is 1. The van der Waals surface area contributed by atoms with Gasteiger partial charge in [-0.05, 0) is 41.8 Å². The summed E-state index contributed by atoms with van der Waals surface area (Å²) in [7, 11) is 0. The van der Waals surface area contributed by atoms with Gasteiger partial charge in [0.15, 0.2) is 0 Å². The molecule has 104 valence electrons. The number of hydrogen-bond acceptors (Lipinski definition) is 2. The van der Waals surface area contributed by atoms with E-state index in [2.05, 4.69) is 19.2 Å². The minimum Gasteiger partial charge on any atom is -0.396 e. The van der Waals surface area contributed by atoms with E-state index in [0.29, 0.717) is 17.2 Å². The van der Waals surface area contributed by atoms with Crippen molar-refractivity contribution in [2.45, 2.75) is 19.8 Å². The Morgan fingerprint density at radius 3 is 2.35 bits per heavy atom. The van der Waals surface area contributed by atoms with Gasteiger partial charge in [-0.2, -0.15) is 0 Å². The van der Waals surface area contributed by atoms with Gasteiger partial charge in [0, 0.05) is 11.3 Å². The van der Waals surface area contributed by atoms with Gasteiger partial charge in [0.1, 0.15) is 5.82 Å². The lowest BCUT2D eigenvalue weighted by molar-refractivity contribution is 0.102. The molecule has 2 aromatic carbocycles. The first-order valence-corrected chi connectivity index (χ1v) is 6.43. The number of hydrogen-bond donors (Lipinski definition) is 2. The zero-order valence-corrected chi connectivity index (χ0v) is 11.5. The van der Waals surface area contributed by atoms with Gasteiger partial charge in [-0.25, -0.2) is 4.39 Å². The van der Waals surface area contributed by atoms with E-state index in [1.54, 1.807) is 0 Å². The van der Waals surface area contributed by atoms with Crippen LogP contribution in [0.2, 0.25) is 0 Å². The van der Waals surface area contributed by atoms with Crippen molar-refractivity contribution in [2.24, 2.45) is 0 Å². The number of nitrogens with one attached hydrogen (secondary N) is 1. The van der Waals surface area contributed by atoms with E-state index in [-0.39, 0.29) is 11.6 Å². The van der Waals surface area contributed by atoms with Crippen LogP contribution >= 0.6 is 0 Å². The molecule has 0 heterocycles. The quantitative estimate of drug-likeness (QED) is 0.835. The lowest BCUT2D eigenvalue weighted by Crippen LogP contribution is -2.12. The Balaban J connectivity index is 2.12. The third-order valence-corrected chi connectivity index (χ3v) is 3.09. The van der Waals surface area contributed by atoms with Gasteiger partial charge in [0.2, 0.25) is 0 Å². The maximum atomic E-state index is 13.1. The van der Waals surface area contributed by atoms with E-state index < -0.39 is 5.82 Å². The lowest BCUT2D eigenvalue weighted by Gasteiger charge is -2.09. The average molecular weight is 272 g/mol. The molecule has 0 unspecified atom stereocenters. The van der Waals surface area contributed by atoms with Crippen LogP contribution in [0.25, 0.3) is 0 Å². The van der Waals surface area contributed by atoms with Crippen molar-refractivity contribution >= 4 is 17.3 Å².